The molecule has 1 aliphatic rings. The highest BCUT2D eigenvalue weighted by molar-refractivity contribution is 9.10. The first kappa shape index (κ1) is 20.5. The predicted molar refractivity (Wildman–Crippen MR) is 104 cm³/mol. The zero-order valence-corrected chi connectivity index (χ0v) is 17.4. The Kier molecular flexibility index (Phi) is 6.17. The molecule has 2 aromatic carbocycles. The van der Waals surface area contributed by atoms with Gasteiger partial charge in [0.15, 0.2) is 0 Å². The van der Waals surface area contributed by atoms with Crippen molar-refractivity contribution in [3.63, 3.8) is 0 Å². The number of benzene rings is 2. The molecule has 0 aromatic heterocycles. The number of hydrogen-bond acceptors (Lipinski definition) is 6. The molecule has 7 nitrogen and oxygen atoms in total. The minimum absolute atomic E-state index is 0.0111. The summed E-state index contributed by atoms with van der Waals surface area (Å²) in [5.41, 5.74) is 1.18. The molecule has 28 heavy (non-hydrogen) atoms. The molecule has 9 heteroatoms. The number of esters is 2. The van der Waals surface area contributed by atoms with E-state index < -0.39 is 22.0 Å². The maximum Gasteiger partial charge on any atom is 0.339 e. The van der Waals surface area contributed by atoms with Crippen LogP contribution in [0.5, 0.6) is 0 Å². The Hall–Kier alpha value is -2.23. The van der Waals surface area contributed by atoms with Crippen LogP contribution in [0.2, 0.25) is 0 Å². The van der Waals surface area contributed by atoms with E-state index in [4.69, 9.17) is 4.74 Å². The first-order valence-electron chi connectivity index (χ1n) is 8.46. The molecule has 0 aliphatic heterocycles. The maximum absolute atomic E-state index is 12.4. The lowest BCUT2D eigenvalue weighted by molar-refractivity contribution is 0.0470. The number of sulfonamides is 1. The van der Waals surface area contributed by atoms with E-state index in [1.54, 1.807) is 24.3 Å². The van der Waals surface area contributed by atoms with Crippen molar-refractivity contribution in [1.29, 1.82) is 0 Å². The first-order valence-corrected chi connectivity index (χ1v) is 10.7. The fraction of sp³-hybridized carbons (Fsp3) is 0.263. The highest BCUT2D eigenvalue weighted by Gasteiger charge is 2.28. The lowest BCUT2D eigenvalue weighted by Crippen LogP contribution is -2.26. The summed E-state index contributed by atoms with van der Waals surface area (Å²) in [4.78, 5) is 23.9. The van der Waals surface area contributed by atoms with Crippen LogP contribution < -0.4 is 4.72 Å². The molecule has 0 amide bonds. The van der Waals surface area contributed by atoms with Crippen molar-refractivity contribution in [1.82, 2.24) is 4.72 Å². The van der Waals surface area contributed by atoms with Gasteiger partial charge in [-0.15, -0.1) is 0 Å². The first-order chi connectivity index (χ1) is 13.3. The molecule has 1 fully saturated rings. The molecule has 1 aliphatic carbocycles. The average molecular weight is 468 g/mol. The van der Waals surface area contributed by atoms with Crippen molar-refractivity contribution >= 4 is 37.9 Å². The topological polar surface area (TPSA) is 98.8 Å². The molecule has 0 unspecified atom stereocenters. The minimum Gasteiger partial charge on any atom is -0.465 e. The Bertz CT molecular complexity index is 1000. The van der Waals surface area contributed by atoms with Gasteiger partial charge in [0.25, 0.3) is 0 Å². The SMILES string of the molecule is COC(=O)c1ccc(COC(=O)c2cc(S(=O)(=O)NC3CC3)ccc2Br)cc1. The van der Waals surface area contributed by atoms with E-state index >= 15 is 0 Å². The maximum atomic E-state index is 12.4. The van der Waals surface area contributed by atoms with Gasteiger partial charge in [-0.05, 0) is 64.7 Å². The molecular weight excluding hydrogens is 450 g/mol. The van der Waals surface area contributed by atoms with Gasteiger partial charge in [-0.2, -0.15) is 0 Å². The van der Waals surface area contributed by atoms with Crippen LogP contribution in [0.3, 0.4) is 0 Å². The third kappa shape index (κ3) is 4.98. The summed E-state index contributed by atoms with van der Waals surface area (Å²) >= 11 is 3.25. The summed E-state index contributed by atoms with van der Waals surface area (Å²) in [5.74, 6) is -1.11. The van der Waals surface area contributed by atoms with Crippen LogP contribution >= 0.6 is 15.9 Å². The molecule has 3 rings (SSSR count). The van der Waals surface area contributed by atoms with Gasteiger partial charge in [-0.1, -0.05) is 12.1 Å². The van der Waals surface area contributed by atoms with Crippen LogP contribution in [0, 0.1) is 0 Å². The zero-order chi connectivity index (χ0) is 20.3. The lowest BCUT2D eigenvalue weighted by atomic mass is 10.1. The third-order valence-electron chi connectivity index (χ3n) is 4.11. The van der Waals surface area contributed by atoms with Gasteiger partial charge in [0.05, 0.1) is 23.1 Å². The Morgan fingerprint density at radius 3 is 2.39 bits per heavy atom. The van der Waals surface area contributed by atoms with E-state index in [-0.39, 0.29) is 23.1 Å². The number of hydrogen-bond donors (Lipinski definition) is 1. The number of ether oxygens (including phenoxy) is 2. The number of carbonyl (C=O) groups excluding carboxylic acids is 2. The molecule has 0 spiro atoms. The summed E-state index contributed by atoms with van der Waals surface area (Å²) in [6.07, 6.45) is 1.64. The van der Waals surface area contributed by atoms with E-state index in [1.807, 2.05) is 0 Å². The van der Waals surface area contributed by atoms with Crippen LogP contribution in [-0.2, 0) is 26.1 Å². The number of halogens is 1. The standard InChI is InChI=1S/C19H18BrNO6S/c1-26-18(22)13-4-2-12(3-5-13)11-27-19(23)16-10-15(8-9-17(16)20)28(24,25)21-14-6-7-14/h2-5,8-10,14,21H,6-7,11H2,1H3. The molecule has 0 atom stereocenters. The quantitative estimate of drug-likeness (QED) is 0.628. The second kappa shape index (κ2) is 8.42. The van der Waals surface area contributed by atoms with Gasteiger partial charge in [0.2, 0.25) is 10.0 Å². The lowest BCUT2D eigenvalue weighted by Gasteiger charge is -2.10. The van der Waals surface area contributed by atoms with Crippen LogP contribution in [0.1, 0.15) is 39.1 Å². The predicted octanol–water partition coefficient (Wildman–Crippen LogP) is 3.03. The summed E-state index contributed by atoms with van der Waals surface area (Å²) in [6.45, 7) is -0.0238. The van der Waals surface area contributed by atoms with E-state index in [0.717, 1.165) is 12.8 Å². The average Bonchev–Trinajstić information content (AvgIpc) is 3.49. The number of nitrogens with one attached hydrogen (secondary N) is 1. The zero-order valence-electron chi connectivity index (χ0n) is 15.0. The van der Waals surface area contributed by atoms with Crippen LogP contribution in [0.15, 0.2) is 51.8 Å². The highest BCUT2D eigenvalue weighted by atomic mass is 79.9. The molecule has 1 saturated carbocycles. The number of rotatable bonds is 7. The molecule has 1 N–H and O–H groups in total. The van der Waals surface area contributed by atoms with E-state index in [9.17, 15) is 18.0 Å². The fourth-order valence-corrected chi connectivity index (χ4v) is 4.14. The van der Waals surface area contributed by atoms with Crippen molar-refractivity contribution in [3.8, 4) is 0 Å². The molecule has 0 saturated heterocycles. The van der Waals surface area contributed by atoms with Crippen LogP contribution in [0.4, 0.5) is 0 Å². The van der Waals surface area contributed by atoms with Crippen LogP contribution in [-0.4, -0.2) is 33.5 Å². The Balaban J connectivity index is 1.70. The molecule has 2 aromatic rings. The molecule has 148 valence electrons. The van der Waals surface area contributed by atoms with Crippen molar-refractivity contribution in [2.45, 2.75) is 30.4 Å². The van der Waals surface area contributed by atoms with E-state index in [2.05, 4.69) is 25.4 Å². The Morgan fingerprint density at radius 1 is 1.11 bits per heavy atom. The monoisotopic (exact) mass is 467 g/mol. The molecular formula is C19H18BrNO6S. The Morgan fingerprint density at radius 2 is 1.79 bits per heavy atom. The second-order valence-electron chi connectivity index (χ2n) is 6.30. The fourth-order valence-electron chi connectivity index (χ4n) is 2.40. The van der Waals surface area contributed by atoms with Gasteiger partial charge in [-0.25, -0.2) is 22.7 Å². The molecule has 0 bridgehead atoms. The summed E-state index contributed by atoms with van der Waals surface area (Å²) in [7, 11) is -2.38. The normalized spacial score (nSPS) is 13.8. The van der Waals surface area contributed by atoms with Crippen LogP contribution in [0.25, 0.3) is 0 Å². The molecule has 0 radical (unpaired) electrons. The summed E-state index contributed by atoms with van der Waals surface area (Å²) in [6, 6.07) is 10.6. The van der Waals surface area contributed by atoms with Gasteiger partial charge < -0.3 is 9.47 Å². The van der Waals surface area contributed by atoms with Gasteiger partial charge in [0.1, 0.15) is 6.61 Å². The summed E-state index contributed by atoms with van der Waals surface area (Å²) in [5, 5.41) is 0. The minimum atomic E-state index is -3.67. The Labute approximate surface area is 171 Å². The molecule has 0 heterocycles. The smallest absolute Gasteiger partial charge is 0.339 e. The second-order valence-corrected chi connectivity index (χ2v) is 8.87. The van der Waals surface area contributed by atoms with E-state index in [0.29, 0.717) is 15.6 Å². The third-order valence-corrected chi connectivity index (χ3v) is 6.32. The van der Waals surface area contributed by atoms with Gasteiger partial charge in [0, 0.05) is 10.5 Å². The van der Waals surface area contributed by atoms with Crippen molar-refractivity contribution < 1.29 is 27.5 Å². The number of carbonyl (C=O) groups is 2. The van der Waals surface area contributed by atoms with Crippen molar-refractivity contribution in [2.24, 2.45) is 0 Å². The van der Waals surface area contributed by atoms with E-state index in [1.165, 1.54) is 25.3 Å². The van der Waals surface area contributed by atoms with Gasteiger partial charge >= 0.3 is 11.9 Å². The van der Waals surface area contributed by atoms with Crippen molar-refractivity contribution in [2.75, 3.05) is 7.11 Å². The van der Waals surface area contributed by atoms with Crippen molar-refractivity contribution in [3.05, 3.63) is 63.6 Å². The highest BCUT2D eigenvalue weighted by Crippen LogP contribution is 2.25. The summed E-state index contributed by atoms with van der Waals surface area (Å²) < 4.78 is 37.6. The van der Waals surface area contributed by atoms with Gasteiger partial charge in [-0.3, -0.25) is 0 Å². The largest absolute Gasteiger partial charge is 0.465 e. The number of methoxy groups -OCH3 is 1.